The number of rotatable bonds is 2. The minimum atomic E-state index is -0.609. The summed E-state index contributed by atoms with van der Waals surface area (Å²) in [5, 5.41) is 11.1. The fraction of sp³-hybridized carbons (Fsp3) is 0.412. The molecule has 24 heavy (non-hydrogen) atoms. The van der Waals surface area contributed by atoms with Crippen molar-refractivity contribution in [3.8, 4) is 0 Å². The Bertz CT molecular complexity index is 826. The number of hydrogen-bond donors (Lipinski definition) is 0. The molecule has 1 aromatic rings. The van der Waals surface area contributed by atoms with Gasteiger partial charge in [-0.25, -0.2) is 4.90 Å². The first-order valence-corrected chi connectivity index (χ1v) is 8.33. The summed E-state index contributed by atoms with van der Waals surface area (Å²) < 4.78 is 0. The lowest BCUT2D eigenvalue weighted by Gasteiger charge is -2.21. The second-order valence-corrected chi connectivity index (χ2v) is 7.53. The quantitative estimate of drug-likeness (QED) is 0.357. The molecular weight excluding hydrogens is 332 g/mol. The number of benzene rings is 1. The van der Waals surface area contributed by atoms with Crippen molar-refractivity contribution in [1.82, 2.24) is 0 Å². The third-order valence-electron chi connectivity index (χ3n) is 6.24. The highest BCUT2D eigenvalue weighted by atomic mass is 35.5. The van der Waals surface area contributed by atoms with Crippen molar-refractivity contribution < 1.29 is 14.5 Å². The van der Waals surface area contributed by atoms with Crippen molar-refractivity contribution in [3.05, 3.63) is 45.5 Å². The molecule has 7 heteroatoms. The number of imide groups is 1. The fourth-order valence-electron chi connectivity index (χ4n) is 5.11. The number of nitro benzene ring substituents is 1. The van der Waals surface area contributed by atoms with E-state index in [-0.39, 0.29) is 57.3 Å². The van der Waals surface area contributed by atoms with E-state index in [9.17, 15) is 19.7 Å². The molecule has 1 aliphatic heterocycles. The number of carbonyl (C=O) groups is 2. The van der Waals surface area contributed by atoms with Crippen LogP contribution in [0, 0.1) is 39.2 Å². The van der Waals surface area contributed by atoms with Gasteiger partial charge in [0.25, 0.3) is 5.69 Å². The van der Waals surface area contributed by atoms with Gasteiger partial charge < -0.3 is 0 Å². The van der Waals surface area contributed by atoms with Crippen LogP contribution in [0.15, 0.2) is 30.4 Å². The Hall–Kier alpha value is -2.21. The lowest BCUT2D eigenvalue weighted by Crippen LogP contribution is -2.34. The molecule has 3 aliphatic carbocycles. The van der Waals surface area contributed by atoms with Crippen molar-refractivity contribution in [1.29, 1.82) is 0 Å². The van der Waals surface area contributed by atoms with Gasteiger partial charge in [-0.15, -0.1) is 0 Å². The maximum Gasteiger partial charge on any atom is 0.289 e. The topological polar surface area (TPSA) is 80.5 Å². The van der Waals surface area contributed by atoms with Gasteiger partial charge >= 0.3 is 0 Å². The van der Waals surface area contributed by atoms with Crippen molar-refractivity contribution in [2.45, 2.75) is 12.8 Å². The zero-order valence-corrected chi connectivity index (χ0v) is 13.3. The van der Waals surface area contributed by atoms with Crippen LogP contribution in [-0.4, -0.2) is 16.7 Å². The lowest BCUT2D eigenvalue weighted by molar-refractivity contribution is -0.384. The van der Waals surface area contributed by atoms with Crippen molar-refractivity contribution in [3.63, 3.8) is 0 Å². The molecule has 2 bridgehead atoms. The molecule has 4 aliphatic rings. The summed E-state index contributed by atoms with van der Waals surface area (Å²) >= 11 is 5.83. The average molecular weight is 345 g/mol. The van der Waals surface area contributed by atoms with Crippen LogP contribution < -0.4 is 4.90 Å². The Morgan fingerprint density at radius 3 is 2.21 bits per heavy atom. The molecule has 0 N–H and O–H groups in total. The van der Waals surface area contributed by atoms with Crippen LogP contribution >= 0.6 is 11.6 Å². The summed E-state index contributed by atoms with van der Waals surface area (Å²) in [4.78, 5) is 37.5. The smallest absolute Gasteiger partial charge is 0.274 e. The van der Waals surface area contributed by atoms with Gasteiger partial charge in [-0.3, -0.25) is 19.7 Å². The highest BCUT2D eigenvalue weighted by Crippen LogP contribution is 2.73. The molecule has 0 radical (unpaired) electrons. The molecule has 5 rings (SSSR count). The van der Waals surface area contributed by atoms with Crippen molar-refractivity contribution >= 4 is 34.8 Å². The molecule has 1 heterocycles. The Kier molecular flexibility index (Phi) is 2.51. The number of halogens is 1. The van der Waals surface area contributed by atoms with Crippen LogP contribution in [0.2, 0.25) is 5.02 Å². The molecule has 2 amide bonds. The molecule has 6 nitrogen and oxygen atoms in total. The second-order valence-electron chi connectivity index (χ2n) is 7.13. The van der Waals surface area contributed by atoms with Crippen LogP contribution in [0.4, 0.5) is 11.4 Å². The summed E-state index contributed by atoms with van der Waals surface area (Å²) in [7, 11) is 0. The maximum absolute atomic E-state index is 12.9. The average Bonchev–Trinajstić information content (AvgIpc) is 3.14. The van der Waals surface area contributed by atoms with Gasteiger partial charge in [0.1, 0.15) is 5.02 Å². The molecule has 4 unspecified atom stereocenters. The molecule has 3 fully saturated rings. The summed E-state index contributed by atoms with van der Waals surface area (Å²) in [6.07, 6.45) is 6.35. The van der Waals surface area contributed by atoms with E-state index in [0.717, 1.165) is 17.7 Å². The maximum atomic E-state index is 12.9. The van der Waals surface area contributed by atoms with Gasteiger partial charge in [0.05, 0.1) is 22.4 Å². The van der Waals surface area contributed by atoms with Gasteiger partial charge in [0.15, 0.2) is 0 Å². The summed E-state index contributed by atoms with van der Waals surface area (Å²) in [6.45, 7) is 0. The van der Waals surface area contributed by atoms with Crippen LogP contribution in [-0.2, 0) is 9.59 Å². The summed E-state index contributed by atoms with van der Waals surface area (Å²) in [6, 6.07) is 4.06. The van der Waals surface area contributed by atoms with Gasteiger partial charge in [-0.1, -0.05) is 23.8 Å². The van der Waals surface area contributed by atoms with E-state index in [0.29, 0.717) is 0 Å². The SMILES string of the molecule is O=C1C2C(C(=O)N1c1ccc(Cl)c([N+](=O)[O-])c1)C1C=CC2C12CC2. The Morgan fingerprint density at radius 2 is 1.71 bits per heavy atom. The molecule has 4 atom stereocenters. The van der Waals surface area contributed by atoms with E-state index in [2.05, 4.69) is 12.2 Å². The zero-order valence-electron chi connectivity index (χ0n) is 12.5. The van der Waals surface area contributed by atoms with E-state index < -0.39 is 4.92 Å². The molecule has 2 saturated carbocycles. The van der Waals surface area contributed by atoms with Crippen molar-refractivity contribution in [2.24, 2.45) is 29.1 Å². The Morgan fingerprint density at radius 1 is 1.12 bits per heavy atom. The number of fused-ring (bicyclic) bond motifs is 3. The standard InChI is InChI=1S/C17H13ClN2O4/c18-11-4-1-8(7-12(11)20(23)24)19-15(21)13-9-2-3-10(14(13)16(19)22)17(9)5-6-17/h1-4,7,9-10,13-14H,5-6H2. The minimum absolute atomic E-state index is 0.0123. The van der Waals surface area contributed by atoms with Gasteiger partial charge in [0.2, 0.25) is 11.8 Å². The molecule has 1 aromatic carbocycles. The van der Waals surface area contributed by atoms with Crippen LogP contribution in [0.5, 0.6) is 0 Å². The predicted octanol–water partition coefficient (Wildman–Crippen LogP) is 2.95. The van der Waals surface area contributed by atoms with E-state index in [1.165, 1.54) is 18.2 Å². The first-order valence-electron chi connectivity index (χ1n) is 7.96. The van der Waals surface area contributed by atoms with E-state index >= 15 is 0 Å². The minimum Gasteiger partial charge on any atom is -0.274 e. The molecular formula is C17H13ClN2O4. The normalized spacial score (nSPS) is 34.3. The van der Waals surface area contributed by atoms with Crippen LogP contribution in [0.3, 0.4) is 0 Å². The molecule has 122 valence electrons. The van der Waals surface area contributed by atoms with Gasteiger partial charge in [-0.2, -0.15) is 0 Å². The Balaban J connectivity index is 1.56. The number of hydrogen-bond acceptors (Lipinski definition) is 4. The lowest BCUT2D eigenvalue weighted by atomic mass is 9.85. The highest BCUT2D eigenvalue weighted by molar-refractivity contribution is 6.33. The number of nitro groups is 1. The third kappa shape index (κ3) is 1.48. The molecule has 1 saturated heterocycles. The van der Waals surface area contributed by atoms with E-state index in [4.69, 9.17) is 11.6 Å². The largest absolute Gasteiger partial charge is 0.289 e. The second kappa shape index (κ2) is 4.25. The Labute approximate surface area is 142 Å². The predicted molar refractivity (Wildman–Crippen MR) is 85.4 cm³/mol. The van der Waals surface area contributed by atoms with Gasteiger partial charge in [0, 0.05) is 6.07 Å². The van der Waals surface area contributed by atoms with Crippen LogP contribution in [0.1, 0.15) is 12.8 Å². The number of allylic oxidation sites excluding steroid dienone is 2. The summed E-state index contributed by atoms with van der Waals surface area (Å²) in [5.74, 6) is -0.823. The summed E-state index contributed by atoms with van der Waals surface area (Å²) in [5.41, 5.74) is 0.0741. The van der Waals surface area contributed by atoms with Crippen molar-refractivity contribution in [2.75, 3.05) is 4.90 Å². The van der Waals surface area contributed by atoms with Gasteiger partial charge in [-0.05, 0) is 42.2 Å². The number of carbonyl (C=O) groups excluding carboxylic acids is 2. The first kappa shape index (κ1) is 14.2. The van der Waals surface area contributed by atoms with Crippen LogP contribution in [0.25, 0.3) is 0 Å². The number of amides is 2. The number of nitrogens with zero attached hydrogens (tertiary/aromatic N) is 2. The molecule has 0 aromatic heterocycles. The molecule has 1 spiro atoms. The number of anilines is 1. The zero-order chi connectivity index (χ0) is 16.8. The van der Waals surface area contributed by atoms with E-state index in [1.807, 2.05) is 0 Å². The highest BCUT2D eigenvalue weighted by Gasteiger charge is 2.73. The monoisotopic (exact) mass is 344 g/mol. The third-order valence-corrected chi connectivity index (χ3v) is 6.56. The van der Waals surface area contributed by atoms with E-state index in [1.54, 1.807) is 0 Å². The fourth-order valence-corrected chi connectivity index (χ4v) is 5.30. The first-order chi connectivity index (χ1) is 11.5.